The summed E-state index contributed by atoms with van der Waals surface area (Å²) in [6, 6.07) is 50.2. The van der Waals surface area contributed by atoms with E-state index in [-0.39, 0.29) is 17.7 Å². The fraction of sp³-hybridized carbons (Fsp3) is 0.111. The standard InChI is InChI=1S/C45H36BrNO7/c1-51-47-29-41(53-44(49)38-25-19-35(20-26-38)32-13-7-3-8-14-32)42(54-45(50)39-27-21-36(22-28-39)33-15-9-4-10-16-33)40(46)30-52-43(48)37-23-17-34(18-24-37)31-11-5-2-6-12-31/h2-29,40-42H,30H2,1H3/t40-,41+,42+/m1/s1. The molecule has 0 aliphatic rings. The zero-order chi connectivity index (χ0) is 37.7. The lowest BCUT2D eigenvalue weighted by atomic mass is 10.0. The van der Waals surface area contributed by atoms with Gasteiger partial charge in [-0.05, 0) is 69.8 Å². The number of benzene rings is 6. The molecule has 270 valence electrons. The fourth-order valence-electron chi connectivity index (χ4n) is 5.65. The van der Waals surface area contributed by atoms with Crippen LogP contribution >= 0.6 is 15.9 Å². The number of halogens is 1. The van der Waals surface area contributed by atoms with E-state index in [0.29, 0.717) is 5.56 Å². The number of carbonyl (C=O) groups excluding carboxylic acids is 3. The summed E-state index contributed by atoms with van der Waals surface area (Å²) in [4.78, 5) is 44.4. The molecular formula is C45H36BrNO7. The van der Waals surface area contributed by atoms with E-state index in [1.165, 1.54) is 13.3 Å². The largest absolute Gasteiger partial charge is 0.461 e. The van der Waals surface area contributed by atoms with Gasteiger partial charge >= 0.3 is 17.9 Å². The quantitative estimate of drug-likeness (QED) is 0.0357. The van der Waals surface area contributed by atoms with E-state index >= 15 is 0 Å². The van der Waals surface area contributed by atoms with Crippen LogP contribution in [0.4, 0.5) is 0 Å². The van der Waals surface area contributed by atoms with Crippen molar-refractivity contribution in [3.05, 3.63) is 180 Å². The number of alkyl halides is 1. The topological polar surface area (TPSA) is 100 Å². The second-order valence-electron chi connectivity index (χ2n) is 12.1. The lowest BCUT2D eigenvalue weighted by Gasteiger charge is -2.28. The van der Waals surface area contributed by atoms with Gasteiger partial charge in [-0.1, -0.05) is 148 Å². The van der Waals surface area contributed by atoms with Crippen LogP contribution in [0.25, 0.3) is 33.4 Å². The Balaban J connectivity index is 1.21. The Morgan fingerprint density at radius 3 is 1.26 bits per heavy atom. The summed E-state index contributed by atoms with van der Waals surface area (Å²) in [7, 11) is 1.34. The monoisotopic (exact) mass is 781 g/mol. The average Bonchev–Trinajstić information content (AvgIpc) is 3.24. The van der Waals surface area contributed by atoms with Crippen molar-refractivity contribution in [2.45, 2.75) is 17.0 Å². The summed E-state index contributed by atoms with van der Waals surface area (Å²) < 4.78 is 17.6. The Morgan fingerprint density at radius 1 is 0.519 bits per heavy atom. The third-order valence-corrected chi connectivity index (χ3v) is 9.32. The highest BCUT2D eigenvalue weighted by molar-refractivity contribution is 9.09. The minimum absolute atomic E-state index is 0.245. The van der Waals surface area contributed by atoms with Gasteiger partial charge in [0.1, 0.15) is 13.7 Å². The second-order valence-corrected chi connectivity index (χ2v) is 13.3. The predicted octanol–water partition coefficient (Wildman–Crippen LogP) is 9.69. The zero-order valence-electron chi connectivity index (χ0n) is 29.3. The van der Waals surface area contributed by atoms with Gasteiger partial charge in [-0.25, -0.2) is 14.4 Å². The van der Waals surface area contributed by atoms with Crippen molar-refractivity contribution in [2.24, 2.45) is 5.16 Å². The van der Waals surface area contributed by atoms with Crippen molar-refractivity contribution in [2.75, 3.05) is 13.7 Å². The van der Waals surface area contributed by atoms with Gasteiger partial charge in [-0.2, -0.15) is 0 Å². The van der Waals surface area contributed by atoms with Crippen LogP contribution in [-0.2, 0) is 19.0 Å². The van der Waals surface area contributed by atoms with Crippen LogP contribution in [0.15, 0.2) is 169 Å². The molecule has 6 aromatic rings. The number of oxime groups is 1. The maximum absolute atomic E-state index is 13.7. The normalized spacial score (nSPS) is 12.6. The van der Waals surface area contributed by atoms with Crippen molar-refractivity contribution in [1.29, 1.82) is 0 Å². The minimum Gasteiger partial charge on any atom is -0.461 e. The molecule has 0 aromatic heterocycles. The molecule has 0 unspecified atom stereocenters. The SMILES string of the molecule is CON=C[C@H](OC(=O)c1ccc(-c2ccccc2)cc1)[C@@H](OC(=O)c1ccc(-c2ccccc2)cc1)[C@H](Br)COC(=O)c1ccc(-c2ccccc2)cc1. The molecule has 3 atom stereocenters. The fourth-order valence-corrected chi connectivity index (χ4v) is 6.20. The Labute approximate surface area is 322 Å². The smallest absolute Gasteiger partial charge is 0.338 e. The second kappa shape index (κ2) is 18.4. The summed E-state index contributed by atoms with van der Waals surface area (Å²) in [5, 5.41) is 3.86. The molecule has 6 aromatic carbocycles. The van der Waals surface area contributed by atoms with Crippen LogP contribution in [-0.4, -0.2) is 54.9 Å². The van der Waals surface area contributed by atoms with E-state index in [2.05, 4.69) is 21.1 Å². The molecule has 0 aliphatic heterocycles. The molecule has 0 N–H and O–H groups in total. The molecule has 0 spiro atoms. The summed E-state index contributed by atoms with van der Waals surface area (Å²) >= 11 is 3.56. The number of ether oxygens (including phenoxy) is 3. The van der Waals surface area contributed by atoms with E-state index in [1.54, 1.807) is 36.4 Å². The summed E-state index contributed by atoms with van der Waals surface area (Å²) in [5.41, 5.74) is 6.67. The van der Waals surface area contributed by atoms with Crippen molar-refractivity contribution in [3.8, 4) is 33.4 Å². The number of nitrogens with zero attached hydrogens (tertiary/aromatic N) is 1. The van der Waals surface area contributed by atoms with Crippen LogP contribution < -0.4 is 0 Å². The van der Waals surface area contributed by atoms with Crippen LogP contribution in [0.1, 0.15) is 31.1 Å². The first kappa shape index (κ1) is 37.4. The van der Waals surface area contributed by atoms with Crippen LogP contribution in [0.5, 0.6) is 0 Å². The first-order valence-electron chi connectivity index (χ1n) is 17.2. The van der Waals surface area contributed by atoms with Gasteiger partial charge in [0, 0.05) is 0 Å². The lowest BCUT2D eigenvalue weighted by Crippen LogP contribution is -2.44. The van der Waals surface area contributed by atoms with E-state index in [9.17, 15) is 14.4 Å². The average molecular weight is 783 g/mol. The lowest BCUT2D eigenvalue weighted by molar-refractivity contribution is -0.0209. The molecule has 9 heteroatoms. The molecule has 0 saturated carbocycles. The van der Waals surface area contributed by atoms with Crippen molar-refractivity contribution >= 4 is 40.1 Å². The maximum atomic E-state index is 13.7. The molecule has 54 heavy (non-hydrogen) atoms. The van der Waals surface area contributed by atoms with Crippen LogP contribution in [0.2, 0.25) is 0 Å². The number of rotatable bonds is 14. The summed E-state index contributed by atoms with van der Waals surface area (Å²) in [5.74, 6) is -1.96. The van der Waals surface area contributed by atoms with Gasteiger partial charge in [0.25, 0.3) is 0 Å². The van der Waals surface area contributed by atoms with Crippen LogP contribution in [0, 0.1) is 0 Å². The van der Waals surface area contributed by atoms with Crippen LogP contribution in [0.3, 0.4) is 0 Å². The van der Waals surface area contributed by atoms with Crippen molar-refractivity contribution in [1.82, 2.24) is 0 Å². The van der Waals surface area contributed by atoms with Crippen molar-refractivity contribution < 1.29 is 33.4 Å². The minimum atomic E-state index is -1.26. The van der Waals surface area contributed by atoms with Gasteiger partial charge in [-0.15, -0.1) is 0 Å². The van der Waals surface area contributed by atoms with E-state index in [1.807, 2.05) is 127 Å². The van der Waals surface area contributed by atoms with Gasteiger partial charge in [-0.3, -0.25) is 0 Å². The first-order chi connectivity index (χ1) is 26.4. The highest BCUT2D eigenvalue weighted by atomic mass is 79.9. The Hall–Kier alpha value is -6.32. The first-order valence-corrected chi connectivity index (χ1v) is 18.1. The number of hydrogen-bond donors (Lipinski definition) is 0. The van der Waals surface area contributed by atoms with Gasteiger partial charge in [0.15, 0.2) is 12.2 Å². The highest BCUT2D eigenvalue weighted by Crippen LogP contribution is 2.25. The highest BCUT2D eigenvalue weighted by Gasteiger charge is 2.36. The molecule has 0 radical (unpaired) electrons. The molecule has 0 heterocycles. The third kappa shape index (κ3) is 9.76. The maximum Gasteiger partial charge on any atom is 0.338 e. The molecule has 0 bridgehead atoms. The van der Waals surface area contributed by atoms with Gasteiger partial charge in [0.05, 0.1) is 27.7 Å². The summed E-state index contributed by atoms with van der Waals surface area (Å²) in [6.07, 6.45) is -1.25. The van der Waals surface area contributed by atoms with Gasteiger partial charge in [0.2, 0.25) is 0 Å². The molecule has 8 nitrogen and oxygen atoms in total. The van der Waals surface area contributed by atoms with E-state index < -0.39 is 34.9 Å². The Bertz CT molecular complexity index is 2160. The number of esters is 3. The molecular weight excluding hydrogens is 746 g/mol. The molecule has 0 saturated heterocycles. The molecule has 0 amide bonds. The number of carbonyl (C=O) groups is 3. The van der Waals surface area contributed by atoms with Gasteiger partial charge < -0.3 is 19.0 Å². The third-order valence-electron chi connectivity index (χ3n) is 8.54. The molecule has 0 fully saturated rings. The molecule has 6 rings (SSSR count). The molecule has 0 aliphatic carbocycles. The van der Waals surface area contributed by atoms with Crippen molar-refractivity contribution in [3.63, 3.8) is 0 Å². The Morgan fingerprint density at radius 2 is 0.870 bits per heavy atom. The summed E-state index contributed by atoms with van der Waals surface area (Å²) in [6.45, 7) is -0.245. The number of hydrogen-bond acceptors (Lipinski definition) is 8. The Kier molecular flexibility index (Phi) is 12.8. The van der Waals surface area contributed by atoms with E-state index in [0.717, 1.165) is 33.4 Å². The predicted molar refractivity (Wildman–Crippen MR) is 213 cm³/mol. The van der Waals surface area contributed by atoms with E-state index in [4.69, 9.17) is 19.0 Å². The zero-order valence-corrected chi connectivity index (χ0v) is 30.9.